The van der Waals surface area contributed by atoms with Crippen LogP contribution in [0, 0.1) is 0 Å². The van der Waals surface area contributed by atoms with Crippen molar-refractivity contribution in [1.82, 2.24) is 0 Å². The maximum atomic E-state index is 2.31. The van der Waals surface area contributed by atoms with E-state index in [-0.39, 0.29) is 45.6 Å². The number of rotatable bonds is 0. The van der Waals surface area contributed by atoms with Crippen LogP contribution >= 0.6 is 0 Å². The van der Waals surface area contributed by atoms with Crippen molar-refractivity contribution in [2.24, 2.45) is 0 Å². The van der Waals surface area contributed by atoms with E-state index < -0.39 is 0 Å². The van der Waals surface area contributed by atoms with Crippen LogP contribution < -0.4 is 0 Å². The van der Waals surface area contributed by atoms with Crippen LogP contribution in [-0.2, 0) is 0 Å². The summed E-state index contributed by atoms with van der Waals surface area (Å²) >= 11 is 2.31. The Bertz CT molecular complexity index is 8.00. The van der Waals surface area contributed by atoms with Gasteiger partial charge in [0.15, 0.2) is 0 Å². The SMILES string of the molecule is C[SeH].[GaH3].[InH3]. The molecule has 0 bridgehead atoms. The molecular weight excluding hydrogens is 276 g/mol. The fraction of sp³-hybridized carbons (Fsp3) is 1.00. The molecule has 0 N–H and O–H groups in total. The van der Waals surface area contributed by atoms with Gasteiger partial charge in [-0.2, -0.15) is 0 Å². The first-order valence-corrected chi connectivity index (χ1v) is 2.32. The minimum absolute atomic E-state index is 0. The number of hydrogen-bond donors (Lipinski definition) is 0. The Morgan fingerprint density at radius 1 is 1.25 bits per heavy atom. The summed E-state index contributed by atoms with van der Waals surface area (Å²) < 4.78 is 0. The topological polar surface area (TPSA) is 0 Å². The van der Waals surface area contributed by atoms with E-state index in [0.717, 1.165) is 0 Å². The quantitative estimate of drug-likeness (QED) is 0.434. The van der Waals surface area contributed by atoms with Crippen molar-refractivity contribution in [3.8, 4) is 0 Å². The Labute approximate surface area is 66.8 Å². The fourth-order valence-corrected chi connectivity index (χ4v) is 0. The van der Waals surface area contributed by atoms with E-state index in [1.807, 2.05) is 5.82 Å². The average molecular weight is 286 g/mol. The second-order valence-electron chi connectivity index (χ2n) is 0. The second-order valence-corrected chi connectivity index (χ2v) is 0. The van der Waals surface area contributed by atoms with Gasteiger partial charge in [0.1, 0.15) is 0 Å². The predicted octanol–water partition coefficient (Wildman–Crippen LogP) is -2.43. The molecule has 4 heavy (non-hydrogen) atoms. The molecular formula is CH10GaInSe. The van der Waals surface area contributed by atoms with Crippen LogP contribution in [0.5, 0.6) is 0 Å². The van der Waals surface area contributed by atoms with Crippen LogP contribution in [0.25, 0.3) is 0 Å². The van der Waals surface area contributed by atoms with Gasteiger partial charge in [0.25, 0.3) is 0 Å². The van der Waals surface area contributed by atoms with Gasteiger partial charge in [-0.3, -0.25) is 0 Å². The standard InChI is InChI=1S/CH4Se.Ga.In.6H/c1-2;;;;;;;;/h2H,1H3;;;;;;;;. The van der Waals surface area contributed by atoms with Crippen LogP contribution in [0.3, 0.4) is 0 Å². The molecule has 0 aliphatic carbocycles. The molecule has 0 atom stereocenters. The summed E-state index contributed by atoms with van der Waals surface area (Å²) in [7, 11) is 0. The van der Waals surface area contributed by atoms with E-state index in [0.29, 0.717) is 0 Å². The molecule has 0 aliphatic rings. The third-order valence-electron chi connectivity index (χ3n) is 0. The van der Waals surface area contributed by atoms with Crippen molar-refractivity contribution in [2.45, 2.75) is 5.82 Å². The summed E-state index contributed by atoms with van der Waals surface area (Å²) in [5.74, 6) is 1.94. The summed E-state index contributed by atoms with van der Waals surface area (Å²) in [5, 5.41) is 0. The third-order valence-corrected chi connectivity index (χ3v) is 0. The first-order valence-electron chi connectivity index (χ1n) is 0.447. The molecule has 0 aliphatic heterocycles. The van der Waals surface area contributed by atoms with Crippen LogP contribution in [0.15, 0.2) is 0 Å². The molecule has 0 radical (unpaired) electrons. The summed E-state index contributed by atoms with van der Waals surface area (Å²) in [5.41, 5.74) is 0. The monoisotopic (exact) mass is 286 g/mol. The summed E-state index contributed by atoms with van der Waals surface area (Å²) in [6.45, 7) is 0. The minimum atomic E-state index is 0. The molecule has 0 heterocycles. The molecule has 0 nitrogen and oxygen atoms in total. The van der Waals surface area contributed by atoms with Crippen molar-refractivity contribution >= 4 is 61.6 Å². The molecule has 0 aromatic heterocycles. The summed E-state index contributed by atoms with van der Waals surface area (Å²) in [6, 6.07) is 0. The first-order chi connectivity index (χ1) is 1.00. The van der Waals surface area contributed by atoms with Crippen molar-refractivity contribution in [3.63, 3.8) is 0 Å². The van der Waals surface area contributed by atoms with E-state index in [2.05, 4.69) is 16.0 Å². The Balaban J connectivity index is -0.00000000500. The van der Waals surface area contributed by atoms with Crippen LogP contribution in [0.2, 0.25) is 5.82 Å². The zero-order chi connectivity index (χ0) is 2.00. The molecule has 26 valence electrons. The van der Waals surface area contributed by atoms with Gasteiger partial charge >= 0.3 is 67.5 Å². The maximum absolute atomic E-state index is 2.31. The van der Waals surface area contributed by atoms with E-state index in [4.69, 9.17) is 0 Å². The Morgan fingerprint density at radius 2 is 1.25 bits per heavy atom. The second kappa shape index (κ2) is 19.8. The molecule has 0 saturated heterocycles. The third kappa shape index (κ3) is 8.98. The van der Waals surface area contributed by atoms with Crippen LogP contribution in [-0.4, -0.2) is 61.6 Å². The van der Waals surface area contributed by atoms with Gasteiger partial charge in [0, 0.05) is 0 Å². The molecule has 0 unspecified atom stereocenters. The Hall–Kier alpha value is 2.03. The summed E-state index contributed by atoms with van der Waals surface area (Å²) in [4.78, 5) is 0. The normalized spacial score (nSPS) is 1.50. The van der Waals surface area contributed by atoms with Crippen molar-refractivity contribution in [3.05, 3.63) is 0 Å². The van der Waals surface area contributed by atoms with Gasteiger partial charge in [-0.25, -0.2) is 0 Å². The van der Waals surface area contributed by atoms with Crippen molar-refractivity contribution in [2.75, 3.05) is 0 Å². The molecule has 0 spiro atoms. The molecule has 0 fully saturated rings. The molecule has 0 saturated carbocycles. The molecule has 0 aromatic rings. The molecule has 3 heteroatoms. The first kappa shape index (κ1) is 16.6. The molecule has 0 rings (SSSR count). The van der Waals surface area contributed by atoms with E-state index in [9.17, 15) is 0 Å². The van der Waals surface area contributed by atoms with Gasteiger partial charge in [0.2, 0.25) is 0 Å². The molecule has 0 aromatic carbocycles. The van der Waals surface area contributed by atoms with Crippen LogP contribution in [0.4, 0.5) is 0 Å². The van der Waals surface area contributed by atoms with Crippen molar-refractivity contribution < 1.29 is 0 Å². The molecule has 0 amide bonds. The van der Waals surface area contributed by atoms with Crippen LogP contribution in [0.1, 0.15) is 0 Å². The number of hydrogen-bond acceptors (Lipinski definition) is 0. The predicted molar refractivity (Wildman–Crippen MR) is 32.9 cm³/mol. The fourth-order valence-electron chi connectivity index (χ4n) is 0. The zero-order valence-corrected chi connectivity index (χ0v) is 3.32. The van der Waals surface area contributed by atoms with E-state index in [1.165, 1.54) is 0 Å². The Kier molecular flexibility index (Phi) is 82.5. The summed E-state index contributed by atoms with van der Waals surface area (Å²) in [6.07, 6.45) is 0. The van der Waals surface area contributed by atoms with E-state index >= 15 is 0 Å². The van der Waals surface area contributed by atoms with E-state index in [1.54, 1.807) is 0 Å². The Morgan fingerprint density at radius 3 is 1.25 bits per heavy atom. The van der Waals surface area contributed by atoms with Crippen molar-refractivity contribution in [1.29, 1.82) is 0 Å². The van der Waals surface area contributed by atoms with Gasteiger partial charge in [-0.15, -0.1) is 0 Å². The van der Waals surface area contributed by atoms with Gasteiger partial charge in [-0.1, -0.05) is 0 Å². The average Bonchev–Trinajstić information content (AvgIpc) is 1.00. The zero-order valence-electron chi connectivity index (χ0n) is 1.45. The van der Waals surface area contributed by atoms with Gasteiger partial charge in [0.05, 0.1) is 0 Å². The van der Waals surface area contributed by atoms with Gasteiger partial charge < -0.3 is 0 Å². The van der Waals surface area contributed by atoms with Gasteiger partial charge in [-0.05, 0) is 0 Å².